The monoisotopic (exact) mass is 722 g/mol. The number of rotatable bonds is 40. The van der Waals surface area contributed by atoms with Gasteiger partial charge in [-0.25, -0.2) is 0 Å². The lowest BCUT2D eigenvalue weighted by molar-refractivity contribution is -0.151. The summed E-state index contributed by atoms with van der Waals surface area (Å²) >= 11 is 0. The van der Waals surface area contributed by atoms with Gasteiger partial charge in [-0.1, -0.05) is 187 Å². The van der Waals surface area contributed by atoms with Gasteiger partial charge in [0.15, 0.2) is 0 Å². The second kappa shape index (κ2) is 39.8. The Labute approximate surface area is 317 Å². The minimum Gasteiger partial charge on any atom is -0.462 e. The fourth-order valence-corrected chi connectivity index (χ4v) is 6.89. The Kier molecular flexibility index (Phi) is 38.7. The van der Waals surface area contributed by atoms with E-state index in [-0.39, 0.29) is 24.9 Å². The SMILES string of the molecule is CCCCC/C=C\CCCCCC(CC(=O)NC(CO)C(O)CCCCCCCCCCCCCC)OC(=O)CCCCCCCCCCCC. The molecule has 3 unspecified atom stereocenters. The Balaban J connectivity index is 4.55. The summed E-state index contributed by atoms with van der Waals surface area (Å²) in [6, 6.07) is -0.697. The van der Waals surface area contributed by atoms with Crippen molar-refractivity contribution in [2.45, 2.75) is 257 Å². The van der Waals surface area contributed by atoms with Gasteiger partial charge in [0, 0.05) is 6.42 Å². The lowest BCUT2D eigenvalue weighted by atomic mass is 10.0. The first-order valence-electron chi connectivity index (χ1n) is 22.4. The summed E-state index contributed by atoms with van der Waals surface area (Å²) < 4.78 is 5.87. The predicted octanol–water partition coefficient (Wildman–Crippen LogP) is 12.6. The molecule has 0 fully saturated rings. The molecule has 0 saturated heterocycles. The van der Waals surface area contributed by atoms with Crippen LogP contribution in [0.15, 0.2) is 12.2 Å². The molecule has 0 spiro atoms. The van der Waals surface area contributed by atoms with E-state index in [0.29, 0.717) is 19.3 Å². The van der Waals surface area contributed by atoms with Crippen molar-refractivity contribution >= 4 is 11.9 Å². The van der Waals surface area contributed by atoms with Gasteiger partial charge >= 0.3 is 5.97 Å². The van der Waals surface area contributed by atoms with Crippen LogP contribution in [0.25, 0.3) is 0 Å². The van der Waals surface area contributed by atoms with Crippen LogP contribution in [-0.4, -0.2) is 46.9 Å². The molecule has 0 bridgehead atoms. The number of carbonyl (C=O) groups excluding carboxylic acids is 2. The predicted molar refractivity (Wildman–Crippen MR) is 218 cm³/mol. The van der Waals surface area contributed by atoms with Crippen molar-refractivity contribution in [2.24, 2.45) is 0 Å². The van der Waals surface area contributed by atoms with Crippen LogP contribution in [0.3, 0.4) is 0 Å². The molecule has 0 aromatic rings. The molecular weight excluding hydrogens is 634 g/mol. The van der Waals surface area contributed by atoms with Gasteiger partial charge in [0.2, 0.25) is 5.91 Å². The van der Waals surface area contributed by atoms with Gasteiger partial charge in [0.1, 0.15) is 6.10 Å². The number of aliphatic hydroxyl groups is 2. The molecular formula is C45H87NO5. The highest BCUT2D eigenvalue weighted by Gasteiger charge is 2.24. The number of unbranched alkanes of at least 4 members (excludes halogenated alkanes) is 26. The fourth-order valence-electron chi connectivity index (χ4n) is 6.89. The zero-order valence-corrected chi connectivity index (χ0v) is 34.3. The average Bonchev–Trinajstić information content (AvgIpc) is 3.12. The molecule has 0 aromatic heterocycles. The molecule has 3 atom stereocenters. The van der Waals surface area contributed by atoms with E-state index in [1.54, 1.807) is 0 Å². The number of hydrogen-bond donors (Lipinski definition) is 3. The third-order valence-electron chi connectivity index (χ3n) is 10.3. The maximum Gasteiger partial charge on any atom is 0.306 e. The van der Waals surface area contributed by atoms with Gasteiger partial charge in [0.25, 0.3) is 0 Å². The first kappa shape index (κ1) is 49.6. The summed E-state index contributed by atoms with van der Waals surface area (Å²) in [7, 11) is 0. The Morgan fingerprint density at radius 2 is 0.941 bits per heavy atom. The molecule has 51 heavy (non-hydrogen) atoms. The van der Waals surface area contributed by atoms with Crippen LogP contribution in [0.4, 0.5) is 0 Å². The van der Waals surface area contributed by atoms with Crippen LogP contribution < -0.4 is 5.32 Å². The lowest BCUT2D eigenvalue weighted by Crippen LogP contribution is -2.46. The summed E-state index contributed by atoms with van der Waals surface area (Å²) in [6.07, 6.45) is 41.3. The van der Waals surface area contributed by atoms with Gasteiger partial charge < -0.3 is 20.3 Å². The maximum atomic E-state index is 13.1. The first-order valence-corrected chi connectivity index (χ1v) is 22.4. The van der Waals surface area contributed by atoms with E-state index >= 15 is 0 Å². The molecule has 6 nitrogen and oxygen atoms in total. The van der Waals surface area contributed by atoms with Crippen LogP contribution >= 0.6 is 0 Å². The van der Waals surface area contributed by atoms with Crippen LogP contribution in [-0.2, 0) is 14.3 Å². The Hall–Kier alpha value is -1.40. The zero-order chi connectivity index (χ0) is 37.5. The number of amides is 1. The fraction of sp³-hybridized carbons (Fsp3) is 0.911. The minimum absolute atomic E-state index is 0.0723. The molecule has 6 heteroatoms. The zero-order valence-electron chi connectivity index (χ0n) is 34.3. The number of ether oxygens (including phenoxy) is 1. The molecule has 0 aliphatic rings. The average molecular weight is 722 g/mol. The number of carbonyl (C=O) groups is 2. The Morgan fingerprint density at radius 3 is 1.43 bits per heavy atom. The molecule has 1 amide bonds. The van der Waals surface area contributed by atoms with Gasteiger partial charge in [0.05, 0.1) is 25.2 Å². The molecule has 0 aromatic carbocycles. The summed E-state index contributed by atoms with van der Waals surface area (Å²) in [6.45, 7) is 6.43. The topological polar surface area (TPSA) is 95.9 Å². The van der Waals surface area contributed by atoms with Gasteiger partial charge in [-0.05, 0) is 51.4 Å². The van der Waals surface area contributed by atoms with Crippen molar-refractivity contribution in [2.75, 3.05) is 6.61 Å². The number of allylic oxidation sites excluding steroid dienone is 2. The number of esters is 1. The molecule has 0 saturated carbocycles. The van der Waals surface area contributed by atoms with Crippen molar-refractivity contribution in [3.63, 3.8) is 0 Å². The van der Waals surface area contributed by atoms with E-state index in [9.17, 15) is 19.8 Å². The van der Waals surface area contributed by atoms with E-state index in [2.05, 4.69) is 38.2 Å². The largest absolute Gasteiger partial charge is 0.462 e. The molecule has 0 aliphatic carbocycles. The number of nitrogens with one attached hydrogen (secondary N) is 1. The van der Waals surface area contributed by atoms with Crippen molar-refractivity contribution in [1.82, 2.24) is 5.32 Å². The smallest absolute Gasteiger partial charge is 0.306 e. The van der Waals surface area contributed by atoms with Gasteiger partial charge in [-0.15, -0.1) is 0 Å². The highest BCUT2D eigenvalue weighted by atomic mass is 16.5. The lowest BCUT2D eigenvalue weighted by Gasteiger charge is -2.24. The normalized spacial score (nSPS) is 13.4. The van der Waals surface area contributed by atoms with Crippen molar-refractivity contribution in [3.8, 4) is 0 Å². The third-order valence-corrected chi connectivity index (χ3v) is 10.3. The van der Waals surface area contributed by atoms with Crippen LogP contribution in [0, 0.1) is 0 Å². The molecule has 0 aliphatic heterocycles. The van der Waals surface area contributed by atoms with E-state index < -0.39 is 18.2 Å². The Morgan fingerprint density at radius 1 is 0.549 bits per heavy atom. The highest BCUT2D eigenvalue weighted by molar-refractivity contribution is 5.77. The second-order valence-corrected chi connectivity index (χ2v) is 15.5. The third kappa shape index (κ3) is 35.4. The van der Waals surface area contributed by atoms with Gasteiger partial charge in [-0.2, -0.15) is 0 Å². The minimum atomic E-state index is -0.783. The van der Waals surface area contributed by atoms with Crippen LogP contribution in [0.5, 0.6) is 0 Å². The van der Waals surface area contributed by atoms with Crippen LogP contribution in [0.2, 0.25) is 0 Å². The quantitative estimate of drug-likeness (QED) is 0.0332. The van der Waals surface area contributed by atoms with Gasteiger partial charge in [-0.3, -0.25) is 9.59 Å². The van der Waals surface area contributed by atoms with Crippen molar-refractivity contribution < 1.29 is 24.5 Å². The second-order valence-electron chi connectivity index (χ2n) is 15.5. The van der Waals surface area contributed by atoms with E-state index in [0.717, 1.165) is 64.2 Å². The first-order chi connectivity index (χ1) is 25.0. The maximum absolute atomic E-state index is 13.1. The molecule has 0 radical (unpaired) electrons. The summed E-state index contributed by atoms with van der Waals surface area (Å²) in [4.78, 5) is 25.9. The number of aliphatic hydroxyl groups excluding tert-OH is 2. The van der Waals surface area contributed by atoms with E-state index in [1.807, 2.05) is 0 Å². The van der Waals surface area contributed by atoms with E-state index in [1.165, 1.54) is 128 Å². The van der Waals surface area contributed by atoms with Crippen molar-refractivity contribution in [3.05, 3.63) is 12.2 Å². The van der Waals surface area contributed by atoms with E-state index in [4.69, 9.17) is 4.74 Å². The Bertz CT molecular complexity index is 772. The molecule has 0 rings (SSSR count). The van der Waals surface area contributed by atoms with Crippen LogP contribution in [0.1, 0.15) is 239 Å². The van der Waals surface area contributed by atoms with Crippen molar-refractivity contribution in [1.29, 1.82) is 0 Å². The summed E-state index contributed by atoms with van der Waals surface area (Å²) in [5, 5.41) is 23.6. The standard InChI is InChI=1S/C45H87NO5/c1-4-7-10-13-16-19-22-23-25-28-31-34-37-43(48)42(40-47)46-44(49)39-41(36-33-30-27-24-20-17-14-11-8-5-2)51-45(50)38-35-32-29-26-21-18-15-12-9-6-3/h17,20,41-43,47-48H,4-16,18-19,21-40H2,1-3H3,(H,46,49)/b20-17-. The summed E-state index contributed by atoms with van der Waals surface area (Å²) in [5.41, 5.74) is 0. The highest BCUT2D eigenvalue weighted by Crippen LogP contribution is 2.17. The number of hydrogen-bond acceptors (Lipinski definition) is 5. The molecule has 0 heterocycles. The summed E-state index contributed by atoms with van der Waals surface area (Å²) in [5.74, 6) is -0.484. The molecule has 302 valence electrons. The molecule has 3 N–H and O–H groups in total.